The number of hydrogen-bond acceptors (Lipinski definition) is 6. The molecule has 0 saturated heterocycles. The van der Waals surface area contributed by atoms with E-state index in [0.29, 0.717) is 16.7 Å². The summed E-state index contributed by atoms with van der Waals surface area (Å²) in [5, 5.41) is 11.0. The standard InChI is InChI=1S/C20H24ClN7O/c1-13-9-18(22-7-4-8-28(2)3)26-19(24-13)27-20(29)25-16-6-5-14-12-23-17(21)11-15(14)10-16/h5-6,9-12H,4,7-8H2,1-3H3,(H3,22,24,25,26,27,29). The van der Waals surface area contributed by atoms with E-state index in [1.165, 1.54) is 0 Å². The fourth-order valence-electron chi connectivity index (χ4n) is 2.78. The number of nitrogens with zero attached hydrogens (tertiary/aromatic N) is 4. The van der Waals surface area contributed by atoms with Crippen LogP contribution in [0, 0.1) is 6.92 Å². The highest BCUT2D eigenvalue weighted by molar-refractivity contribution is 6.30. The smallest absolute Gasteiger partial charge is 0.326 e. The van der Waals surface area contributed by atoms with Gasteiger partial charge in [-0.25, -0.2) is 14.8 Å². The number of aryl methyl sites for hydroxylation is 1. The summed E-state index contributed by atoms with van der Waals surface area (Å²) in [6.45, 7) is 3.63. The van der Waals surface area contributed by atoms with E-state index in [2.05, 4.69) is 35.8 Å². The van der Waals surface area contributed by atoms with Gasteiger partial charge in [0, 0.05) is 35.6 Å². The Hall–Kier alpha value is -2.97. The van der Waals surface area contributed by atoms with Gasteiger partial charge in [0.05, 0.1) is 0 Å². The first kappa shape index (κ1) is 20.8. The molecule has 3 N–H and O–H groups in total. The van der Waals surface area contributed by atoms with Crippen LogP contribution in [-0.2, 0) is 0 Å². The van der Waals surface area contributed by atoms with E-state index in [-0.39, 0.29) is 5.95 Å². The Bertz CT molecular complexity index is 1010. The molecule has 1 aromatic carbocycles. The zero-order chi connectivity index (χ0) is 20.8. The number of amides is 2. The van der Waals surface area contributed by atoms with Crippen molar-refractivity contribution < 1.29 is 4.79 Å². The molecule has 0 bridgehead atoms. The van der Waals surface area contributed by atoms with Crippen molar-refractivity contribution in [1.29, 1.82) is 0 Å². The molecule has 0 aliphatic heterocycles. The number of carbonyl (C=O) groups is 1. The number of anilines is 3. The Morgan fingerprint density at radius 3 is 2.72 bits per heavy atom. The number of rotatable bonds is 7. The first-order chi connectivity index (χ1) is 13.9. The average Bonchev–Trinajstić information content (AvgIpc) is 2.64. The van der Waals surface area contributed by atoms with Gasteiger partial charge in [0.25, 0.3) is 0 Å². The summed E-state index contributed by atoms with van der Waals surface area (Å²) >= 11 is 5.94. The Morgan fingerprint density at radius 1 is 1.10 bits per heavy atom. The van der Waals surface area contributed by atoms with Crippen molar-refractivity contribution in [3.63, 3.8) is 0 Å². The predicted octanol–water partition coefficient (Wildman–Crippen LogP) is 3.99. The van der Waals surface area contributed by atoms with Crippen LogP contribution >= 0.6 is 11.6 Å². The molecular formula is C20H24ClN7O. The van der Waals surface area contributed by atoms with Crippen molar-refractivity contribution in [2.75, 3.05) is 43.1 Å². The Balaban J connectivity index is 1.62. The largest absolute Gasteiger partial charge is 0.370 e. The number of urea groups is 1. The van der Waals surface area contributed by atoms with Crippen LogP contribution in [0.25, 0.3) is 10.8 Å². The maximum Gasteiger partial charge on any atom is 0.326 e. The minimum atomic E-state index is -0.423. The molecule has 0 atom stereocenters. The van der Waals surface area contributed by atoms with Crippen LogP contribution in [0.2, 0.25) is 5.15 Å². The van der Waals surface area contributed by atoms with Crippen LogP contribution < -0.4 is 16.0 Å². The lowest BCUT2D eigenvalue weighted by Gasteiger charge is -2.12. The molecule has 0 saturated carbocycles. The number of benzene rings is 1. The predicted molar refractivity (Wildman–Crippen MR) is 118 cm³/mol. The Morgan fingerprint density at radius 2 is 1.93 bits per heavy atom. The maximum atomic E-state index is 12.4. The molecule has 2 amide bonds. The third-order valence-electron chi connectivity index (χ3n) is 4.11. The lowest BCUT2D eigenvalue weighted by molar-refractivity contribution is 0.262. The molecular weight excluding hydrogens is 390 g/mol. The van der Waals surface area contributed by atoms with Gasteiger partial charge in [-0.15, -0.1) is 0 Å². The topological polar surface area (TPSA) is 95.1 Å². The maximum absolute atomic E-state index is 12.4. The minimum Gasteiger partial charge on any atom is -0.370 e. The molecule has 0 fully saturated rings. The van der Waals surface area contributed by atoms with Gasteiger partial charge in [-0.05, 0) is 57.6 Å². The van der Waals surface area contributed by atoms with Gasteiger partial charge in [0.1, 0.15) is 11.0 Å². The van der Waals surface area contributed by atoms with Crippen LogP contribution in [0.5, 0.6) is 0 Å². The molecule has 0 aliphatic carbocycles. The summed E-state index contributed by atoms with van der Waals surface area (Å²) in [7, 11) is 4.08. The van der Waals surface area contributed by atoms with Crippen LogP contribution in [0.15, 0.2) is 36.5 Å². The Labute approximate surface area is 174 Å². The van der Waals surface area contributed by atoms with E-state index in [0.717, 1.165) is 36.0 Å². The van der Waals surface area contributed by atoms with Gasteiger partial charge in [-0.1, -0.05) is 17.7 Å². The molecule has 29 heavy (non-hydrogen) atoms. The second kappa shape index (κ2) is 9.49. The zero-order valence-electron chi connectivity index (χ0n) is 16.7. The summed E-state index contributed by atoms with van der Waals surface area (Å²) in [6, 6.07) is 8.67. The Kier molecular flexibility index (Phi) is 6.79. The molecule has 2 aromatic heterocycles. The fourth-order valence-corrected chi connectivity index (χ4v) is 2.95. The normalized spacial score (nSPS) is 10.9. The highest BCUT2D eigenvalue weighted by Gasteiger charge is 2.08. The second-order valence-corrected chi connectivity index (χ2v) is 7.34. The number of carbonyl (C=O) groups excluding carboxylic acids is 1. The summed E-state index contributed by atoms with van der Waals surface area (Å²) < 4.78 is 0. The number of pyridine rings is 1. The average molecular weight is 414 g/mol. The van der Waals surface area contributed by atoms with Gasteiger partial charge in [0.2, 0.25) is 5.95 Å². The van der Waals surface area contributed by atoms with Crippen LogP contribution in [0.4, 0.5) is 22.2 Å². The van der Waals surface area contributed by atoms with E-state index in [4.69, 9.17) is 11.6 Å². The molecule has 3 aromatic rings. The third-order valence-corrected chi connectivity index (χ3v) is 4.32. The lowest BCUT2D eigenvalue weighted by Crippen LogP contribution is -2.21. The van der Waals surface area contributed by atoms with Crippen molar-refractivity contribution in [3.8, 4) is 0 Å². The highest BCUT2D eigenvalue weighted by Crippen LogP contribution is 2.21. The monoisotopic (exact) mass is 413 g/mol. The van der Waals surface area contributed by atoms with Gasteiger partial charge in [0.15, 0.2) is 0 Å². The summed E-state index contributed by atoms with van der Waals surface area (Å²) in [6.07, 6.45) is 2.68. The van der Waals surface area contributed by atoms with Crippen LogP contribution in [0.1, 0.15) is 12.1 Å². The van der Waals surface area contributed by atoms with Crippen LogP contribution in [-0.4, -0.2) is 53.1 Å². The number of nitrogens with one attached hydrogen (secondary N) is 3. The molecule has 0 radical (unpaired) electrons. The van der Waals surface area contributed by atoms with Gasteiger partial charge in [-0.3, -0.25) is 5.32 Å². The number of fused-ring (bicyclic) bond motifs is 1. The van der Waals surface area contributed by atoms with E-state index in [9.17, 15) is 4.79 Å². The summed E-state index contributed by atoms with van der Waals surface area (Å²) in [5.41, 5.74) is 1.39. The second-order valence-electron chi connectivity index (χ2n) is 6.95. The van der Waals surface area contributed by atoms with Gasteiger partial charge < -0.3 is 15.5 Å². The molecule has 2 heterocycles. The molecule has 0 spiro atoms. The number of hydrogen-bond donors (Lipinski definition) is 3. The number of halogens is 1. The zero-order valence-corrected chi connectivity index (χ0v) is 17.4. The summed E-state index contributed by atoms with van der Waals surface area (Å²) in [4.78, 5) is 27.2. The van der Waals surface area contributed by atoms with Crippen molar-refractivity contribution in [2.45, 2.75) is 13.3 Å². The first-order valence-corrected chi connectivity index (χ1v) is 9.64. The first-order valence-electron chi connectivity index (χ1n) is 9.26. The van der Waals surface area contributed by atoms with Crippen molar-refractivity contribution in [3.05, 3.63) is 47.4 Å². The fraction of sp³-hybridized carbons (Fsp3) is 0.300. The number of aromatic nitrogens is 3. The molecule has 0 aliphatic rings. The quantitative estimate of drug-likeness (QED) is 0.400. The van der Waals surface area contributed by atoms with Crippen molar-refractivity contribution >= 4 is 45.9 Å². The van der Waals surface area contributed by atoms with Crippen molar-refractivity contribution in [1.82, 2.24) is 19.9 Å². The van der Waals surface area contributed by atoms with Crippen LogP contribution in [0.3, 0.4) is 0 Å². The molecule has 152 valence electrons. The SMILES string of the molecule is Cc1cc(NCCCN(C)C)nc(NC(=O)Nc2ccc3cnc(Cl)cc3c2)n1. The third kappa shape index (κ3) is 6.27. The van der Waals surface area contributed by atoms with E-state index >= 15 is 0 Å². The molecule has 3 rings (SSSR count). The van der Waals surface area contributed by atoms with Gasteiger partial charge >= 0.3 is 6.03 Å². The van der Waals surface area contributed by atoms with Gasteiger partial charge in [-0.2, -0.15) is 4.98 Å². The highest BCUT2D eigenvalue weighted by atomic mass is 35.5. The van der Waals surface area contributed by atoms with Crippen molar-refractivity contribution in [2.24, 2.45) is 0 Å². The molecule has 9 heteroatoms. The minimum absolute atomic E-state index is 0.241. The molecule has 0 unspecified atom stereocenters. The van der Waals surface area contributed by atoms with E-state index in [1.807, 2.05) is 39.2 Å². The molecule has 8 nitrogen and oxygen atoms in total. The van der Waals surface area contributed by atoms with E-state index < -0.39 is 6.03 Å². The van der Waals surface area contributed by atoms with E-state index in [1.54, 1.807) is 18.3 Å². The summed E-state index contributed by atoms with van der Waals surface area (Å²) in [5.74, 6) is 0.921. The lowest BCUT2D eigenvalue weighted by atomic mass is 10.1.